The molecule has 0 aliphatic carbocycles. The summed E-state index contributed by atoms with van der Waals surface area (Å²) in [6, 6.07) is 1.36. The molecule has 0 aliphatic heterocycles. The molecule has 0 amide bonds. The Kier molecular flexibility index (Phi) is 2.18. The minimum Gasteiger partial charge on any atom is -0.494 e. The van der Waals surface area contributed by atoms with Crippen LogP contribution in [0.4, 0.5) is 0 Å². The highest BCUT2D eigenvalue weighted by Crippen LogP contribution is 2.22. The van der Waals surface area contributed by atoms with Crippen LogP contribution in [0.15, 0.2) is 12.1 Å². The third-order valence-electron chi connectivity index (χ3n) is 1.21. The molecule has 0 bridgehead atoms. The van der Waals surface area contributed by atoms with Crippen molar-refractivity contribution in [2.24, 2.45) is 0 Å². The summed E-state index contributed by atoms with van der Waals surface area (Å²) in [5.41, 5.74) is 0.455. The highest BCUT2D eigenvalue weighted by atomic mass is 16.3. The third-order valence-corrected chi connectivity index (χ3v) is 1.21. The van der Waals surface area contributed by atoms with Crippen LogP contribution >= 0.6 is 0 Å². The molecule has 4 heteroatoms. The molecule has 0 saturated heterocycles. The summed E-state index contributed by atoms with van der Waals surface area (Å²) in [5, 5.41) is 26.2. The van der Waals surface area contributed by atoms with Crippen LogP contribution in [0.5, 0.6) is 11.8 Å². The van der Waals surface area contributed by atoms with Crippen molar-refractivity contribution in [3.63, 3.8) is 0 Å². The van der Waals surface area contributed by atoms with E-state index in [1.165, 1.54) is 18.2 Å². The molecular formula is C7H9NO3. The van der Waals surface area contributed by atoms with Crippen molar-refractivity contribution >= 4 is 6.08 Å². The van der Waals surface area contributed by atoms with Crippen LogP contribution in [0.1, 0.15) is 5.56 Å². The second kappa shape index (κ2) is 3.12. The van der Waals surface area contributed by atoms with E-state index in [4.69, 9.17) is 15.3 Å². The van der Waals surface area contributed by atoms with E-state index in [1.807, 2.05) is 0 Å². The molecule has 0 fully saturated rings. The number of aromatic amines is 1. The van der Waals surface area contributed by atoms with Crippen molar-refractivity contribution in [1.82, 2.24) is 4.98 Å². The first-order valence-electron chi connectivity index (χ1n) is 3.12. The Morgan fingerprint density at radius 1 is 1.45 bits per heavy atom. The number of nitrogens with one attached hydrogen (secondary N) is 1. The zero-order chi connectivity index (χ0) is 8.27. The van der Waals surface area contributed by atoms with Gasteiger partial charge in [-0.05, 0) is 0 Å². The first-order chi connectivity index (χ1) is 5.24. The molecule has 4 nitrogen and oxygen atoms in total. The topological polar surface area (TPSA) is 76.5 Å². The molecule has 60 valence electrons. The molecule has 1 aromatic rings. The quantitative estimate of drug-likeness (QED) is 0.500. The Labute approximate surface area is 63.4 Å². The molecule has 0 aliphatic rings. The predicted molar refractivity (Wildman–Crippen MR) is 40.2 cm³/mol. The Morgan fingerprint density at radius 2 is 2.18 bits per heavy atom. The van der Waals surface area contributed by atoms with Crippen molar-refractivity contribution in [2.75, 3.05) is 6.61 Å². The monoisotopic (exact) mass is 155 g/mol. The molecule has 11 heavy (non-hydrogen) atoms. The third kappa shape index (κ3) is 1.75. The molecule has 0 saturated carbocycles. The van der Waals surface area contributed by atoms with Gasteiger partial charge in [-0.25, -0.2) is 0 Å². The van der Waals surface area contributed by atoms with Crippen molar-refractivity contribution in [3.8, 4) is 11.8 Å². The molecule has 0 aromatic carbocycles. The molecule has 0 radical (unpaired) electrons. The van der Waals surface area contributed by atoms with E-state index in [0.717, 1.165) is 0 Å². The van der Waals surface area contributed by atoms with Gasteiger partial charge in [-0.1, -0.05) is 12.2 Å². The maximum atomic E-state index is 9.01. The molecule has 1 heterocycles. The summed E-state index contributed by atoms with van der Waals surface area (Å²) >= 11 is 0. The summed E-state index contributed by atoms with van der Waals surface area (Å²) in [5.74, 6) is -0.202. The van der Waals surface area contributed by atoms with E-state index < -0.39 is 0 Å². The Morgan fingerprint density at radius 3 is 2.64 bits per heavy atom. The van der Waals surface area contributed by atoms with Gasteiger partial charge in [-0.15, -0.1) is 0 Å². The maximum Gasteiger partial charge on any atom is 0.198 e. The summed E-state index contributed by atoms with van der Waals surface area (Å²) in [6.07, 6.45) is 2.97. The van der Waals surface area contributed by atoms with Crippen LogP contribution < -0.4 is 0 Å². The number of aromatic hydroxyl groups is 2. The van der Waals surface area contributed by atoms with Gasteiger partial charge in [0.15, 0.2) is 11.8 Å². The summed E-state index contributed by atoms with van der Waals surface area (Å²) in [6.45, 7) is -0.0919. The van der Waals surface area contributed by atoms with Gasteiger partial charge in [-0.2, -0.15) is 0 Å². The fourth-order valence-corrected chi connectivity index (χ4v) is 0.752. The van der Waals surface area contributed by atoms with Crippen molar-refractivity contribution < 1.29 is 15.3 Å². The van der Waals surface area contributed by atoms with E-state index in [9.17, 15) is 0 Å². The van der Waals surface area contributed by atoms with Gasteiger partial charge in [0.1, 0.15) is 0 Å². The van der Waals surface area contributed by atoms with Crippen LogP contribution in [-0.2, 0) is 0 Å². The lowest BCUT2D eigenvalue weighted by Crippen LogP contribution is -1.71. The predicted octanol–water partition coefficient (Wildman–Crippen LogP) is 0.431. The average Bonchev–Trinajstić information content (AvgIpc) is 2.26. The van der Waals surface area contributed by atoms with Crippen LogP contribution in [-0.4, -0.2) is 26.9 Å². The first kappa shape index (κ1) is 7.68. The van der Waals surface area contributed by atoms with Gasteiger partial charge < -0.3 is 15.3 Å². The minimum absolute atomic E-state index is 0.0919. The maximum absolute atomic E-state index is 9.01. The normalized spacial score (nSPS) is 11.0. The van der Waals surface area contributed by atoms with Gasteiger partial charge in [0, 0.05) is 11.6 Å². The van der Waals surface area contributed by atoms with Crippen LogP contribution in [0.3, 0.4) is 0 Å². The van der Waals surface area contributed by atoms with Gasteiger partial charge in [0.05, 0.1) is 6.61 Å². The number of aromatic nitrogens is 1. The second-order valence-corrected chi connectivity index (χ2v) is 2.04. The van der Waals surface area contributed by atoms with E-state index in [-0.39, 0.29) is 18.4 Å². The molecular weight excluding hydrogens is 146 g/mol. The van der Waals surface area contributed by atoms with Crippen LogP contribution in [0.25, 0.3) is 6.08 Å². The number of aliphatic hydroxyl groups is 1. The largest absolute Gasteiger partial charge is 0.494 e. The van der Waals surface area contributed by atoms with E-state index in [2.05, 4.69) is 4.98 Å². The number of rotatable bonds is 2. The number of hydrogen-bond donors (Lipinski definition) is 4. The highest BCUT2D eigenvalue weighted by molar-refractivity contribution is 5.56. The number of hydrogen-bond acceptors (Lipinski definition) is 3. The fraction of sp³-hybridized carbons (Fsp3) is 0.143. The highest BCUT2D eigenvalue weighted by Gasteiger charge is 2.00. The molecule has 0 atom stereocenters. The van der Waals surface area contributed by atoms with Gasteiger partial charge >= 0.3 is 0 Å². The summed E-state index contributed by atoms with van der Waals surface area (Å²) in [4.78, 5) is 2.29. The second-order valence-electron chi connectivity index (χ2n) is 2.04. The van der Waals surface area contributed by atoms with Crippen molar-refractivity contribution in [1.29, 1.82) is 0 Å². The summed E-state index contributed by atoms with van der Waals surface area (Å²) < 4.78 is 0. The number of H-pyrrole nitrogens is 1. The number of aliphatic hydroxyl groups excluding tert-OH is 1. The van der Waals surface area contributed by atoms with E-state index in [1.54, 1.807) is 0 Å². The molecule has 4 N–H and O–H groups in total. The molecule has 1 aromatic heterocycles. The zero-order valence-electron chi connectivity index (χ0n) is 5.78. The minimum atomic E-state index is -0.104. The van der Waals surface area contributed by atoms with Gasteiger partial charge in [0.2, 0.25) is 0 Å². The smallest absolute Gasteiger partial charge is 0.198 e. The van der Waals surface area contributed by atoms with Crippen LogP contribution in [0.2, 0.25) is 0 Å². The SMILES string of the molecule is OCC=Cc1cc(O)[nH]c1O. The Balaban J connectivity index is 2.85. The van der Waals surface area contributed by atoms with Gasteiger partial charge in [-0.3, -0.25) is 4.98 Å². The standard InChI is InChI=1S/C7H9NO3/c9-3-1-2-5-4-6(10)8-7(5)11/h1-2,4,8-11H,3H2. The first-order valence-corrected chi connectivity index (χ1v) is 3.12. The van der Waals surface area contributed by atoms with Crippen LogP contribution in [0, 0.1) is 0 Å². The lowest BCUT2D eigenvalue weighted by molar-refractivity contribution is 0.343. The Bertz CT molecular complexity index is 265. The molecule has 0 unspecified atom stereocenters. The lowest BCUT2D eigenvalue weighted by Gasteiger charge is -1.85. The summed E-state index contributed by atoms with van der Waals surface area (Å²) in [7, 11) is 0. The van der Waals surface area contributed by atoms with E-state index >= 15 is 0 Å². The fourth-order valence-electron chi connectivity index (χ4n) is 0.752. The van der Waals surface area contributed by atoms with E-state index in [0.29, 0.717) is 5.56 Å². The Hall–Kier alpha value is -1.42. The zero-order valence-corrected chi connectivity index (χ0v) is 5.78. The lowest BCUT2D eigenvalue weighted by atomic mass is 10.3. The van der Waals surface area contributed by atoms with Crippen molar-refractivity contribution in [3.05, 3.63) is 17.7 Å². The van der Waals surface area contributed by atoms with Gasteiger partial charge in [0.25, 0.3) is 0 Å². The molecule has 1 rings (SSSR count). The average molecular weight is 155 g/mol. The van der Waals surface area contributed by atoms with Crippen molar-refractivity contribution in [2.45, 2.75) is 0 Å². The molecule has 0 spiro atoms.